The van der Waals surface area contributed by atoms with E-state index in [1.54, 1.807) is 31.2 Å². The molecule has 0 aromatic heterocycles. The van der Waals surface area contributed by atoms with E-state index in [1.807, 2.05) is 6.07 Å². The fraction of sp³-hybridized carbons (Fsp3) is 0.300. The van der Waals surface area contributed by atoms with Gasteiger partial charge in [-0.15, -0.1) is 13.2 Å². The molecule has 156 valence electrons. The third-order valence-corrected chi connectivity index (χ3v) is 3.80. The molecule has 2 amide bonds. The number of para-hydroxylation sites is 1. The number of anilines is 1. The second-order valence-electron chi connectivity index (χ2n) is 6.14. The zero-order chi connectivity index (χ0) is 21.4. The molecule has 0 aliphatic carbocycles. The molecule has 2 rings (SSSR count). The summed E-state index contributed by atoms with van der Waals surface area (Å²) in [4.78, 5) is 25.9. The van der Waals surface area contributed by atoms with Gasteiger partial charge in [-0.2, -0.15) is 0 Å². The quantitative estimate of drug-likeness (QED) is 0.718. The van der Waals surface area contributed by atoms with Crippen LogP contribution in [0.3, 0.4) is 0 Å². The second kappa shape index (κ2) is 9.81. The highest BCUT2D eigenvalue weighted by atomic mass is 19.4. The van der Waals surface area contributed by atoms with E-state index in [0.717, 1.165) is 12.1 Å². The number of rotatable bonds is 8. The van der Waals surface area contributed by atoms with Crippen molar-refractivity contribution in [3.05, 3.63) is 54.6 Å². The van der Waals surface area contributed by atoms with Crippen LogP contribution >= 0.6 is 0 Å². The Hall–Kier alpha value is -3.23. The van der Waals surface area contributed by atoms with E-state index in [9.17, 15) is 22.8 Å². The molecule has 0 aliphatic rings. The van der Waals surface area contributed by atoms with E-state index in [0.29, 0.717) is 12.2 Å². The van der Waals surface area contributed by atoms with Gasteiger partial charge < -0.3 is 19.7 Å². The highest BCUT2D eigenvalue weighted by molar-refractivity contribution is 5.95. The number of likely N-dealkylation sites (N-methyl/N-ethyl adjacent to an activating group) is 1. The number of benzene rings is 2. The van der Waals surface area contributed by atoms with Crippen molar-refractivity contribution >= 4 is 17.5 Å². The summed E-state index contributed by atoms with van der Waals surface area (Å²) in [7, 11) is 1.47. The first-order valence-corrected chi connectivity index (χ1v) is 8.80. The van der Waals surface area contributed by atoms with Crippen molar-refractivity contribution in [2.45, 2.75) is 25.8 Å². The normalized spacial score (nSPS) is 12.0. The van der Waals surface area contributed by atoms with Crippen LogP contribution in [0.25, 0.3) is 0 Å². The van der Waals surface area contributed by atoms with Gasteiger partial charge in [0.2, 0.25) is 5.91 Å². The van der Waals surface area contributed by atoms with Crippen LogP contribution in [-0.4, -0.2) is 42.8 Å². The summed E-state index contributed by atoms with van der Waals surface area (Å²) in [5.74, 6) is -0.710. The largest absolute Gasteiger partial charge is 0.573 e. The number of carbonyl (C=O) groups excluding carboxylic acids is 2. The number of carbonyl (C=O) groups is 2. The van der Waals surface area contributed by atoms with Gasteiger partial charge in [-0.3, -0.25) is 9.59 Å². The Balaban J connectivity index is 1.89. The van der Waals surface area contributed by atoms with E-state index in [4.69, 9.17) is 4.74 Å². The van der Waals surface area contributed by atoms with Gasteiger partial charge in [-0.25, -0.2) is 0 Å². The number of halogens is 3. The Morgan fingerprint density at radius 2 is 1.66 bits per heavy atom. The molecule has 2 aromatic carbocycles. The van der Waals surface area contributed by atoms with E-state index >= 15 is 0 Å². The topological polar surface area (TPSA) is 67.9 Å². The molecule has 0 unspecified atom stereocenters. The van der Waals surface area contributed by atoms with Crippen LogP contribution < -0.4 is 14.8 Å². The van der Waals surface area contributed by atoms with E-state index in [2.05, 4.69) is 10.1 Å². The molecule has 0 heterocycles. The number of ether oxygens (including phenoxy) is 2. The minimum absolute atomic E-state index is 0.242. The van der Waals surface area contributed by atoms with Crippen LogP contribution in [0.1, 0.15) is 13.3 Å². The Labute approximate surface area is 166 Å². The molecule has 0 saturated carbocycles. The lowest BCUT2D eigenvalue weighted by molar-refractivity contribution is -0.274. The molecule has 0 radical (unpaired) electrons. The van der Waals surface area contributed by atoms with Crippen LogP contribution in [0.4, 0.5) is 18.9 Å². The number of nitrogens with one attached hydrogen (secondary N) is 1. The minimum Gasteiger partial charge on any atom is -0.481 e. The first-order valence-electron chi connectivity index (χ1n) is 8.80. The van der Waals surface area contributed by atoms with Gasteiger partial charge in [-0.05, 0) is 42.8 Å². The first-order chi connectivity index (χ1) is 13.7. The molecule has 6 nitrogen and oxygen atoms in total. The van der Waals surface area contributed by atoms with Crippen molar-refractivity contribution in [2.24, 2.45) is 0 Å². The minimum atomic E-state index is -4.79. The van der Waals surface area contributed by atoms with Gasteiger partial charge in [0.05, 0.1) is 6.54 Å². The average Bonchev–Trinajstić information content (AvgIpc) is 2.66. The predicted molar refractivity (Wildman–Crippen MR) is 101 cm³/mol. The fourth-order valence-electron chi connectivity index (χ4n) is 2.45. The van der Waals surface area contributed by atoms with Crippen LogP contribution in [0, 0.1) is 0 Å². The molecule has 1 N–H and O–H groups in total. The summed E-state index contributed by atoms with van der Waals surface area (Å²) < 4.78 is 45.9. The van der Waals surface area contributed by atoms with Gasteiger partial charge in [0.15, 0.2) is 6.10 Å². The Bertz CT molecular complexity index is 811. The number of alkyl halides is 3. The molecular weight excluding hydrogens is 389 g/mol. The molecule has 9 heteroatoms. The van der Waals surface area contributed by atoms with Gasteiger partial charge >= 0.3 is 6.36 Å². The van der Waals surface area contributed by atoms with E-state index in [1.165, 1.54) is 24.1 Å². The maximum Gasteiger partial charge on any atom is 0.573 e. The maximum absolute atomic E-state index is 12.5. The molecule has 2 aromatic rings. The van der Waals surface area contributed by atoms with E-state index in [-0.39, 0.29) is 18.1 Å². The van der Waals surface area contributed by atoms with Crippen LogP contribution in [0.15, 0.2) is 54.6 Å². The van der Waals surface area contributed by atoms with Crippen LogP contribution in [-0.2, 0) is 9.59 Å². The van der Waals surface area contributed by atoms with Crippen molar-refractivity contribution in [2.75, 3.05) is 18.9 Å². The van der Waals surface area contributed by atoms with Crippen LogP contribution in [0.2, 0.25) is 0 Å². The molecule has 0 bridgehead atoms. The monoisotopic (exact) mass is 410 g/mol. The summed E-state index contributed by atoms with van der Waals surface area (Å²) in [5.41, 5.74) is 0.276. The van der Waals surface area contributed by atoms with Crippen molar-refractivity contribution < 1.29 is 32.2 Å². The molecule has 0 aliphatic heterocycles. The number of hydrogen-bond donors (Lipinski definition) is 1. The summed E-state index contributed by atoms with van der Waals surface area (Å²) in [6.45, 7) is 1.55. The lowest BCUT2D eigenvalue weighted by Gasteiger charge is -2.23. The van der Waals surface area contributed by atoms with Crippen molar-refractivity contribution in [3.8, 4) is 11.5 Å². The smallest absolute Gasteiger partial charge is 0.481 e. The lowest BCUT2D eigenvalue weighted by Crippen LogP contribution is -2.43. The third-order valence-electron chi connectivity index (χ3n) is 3.80. The average molecular weight is 410 g/mol. The standard InChI is InChI=1S/C20H21F3N2O4/c1-3-17(28-15-7-5-4-6-8-15)19(27)25(2)13-18(26)24-14-9-11-16(12-10-14)29-20(21,22)23/h4-12,17H,3,13H2,1-2H3,(H,24,26)/t17-/m1/s1. The maximum atomic E-state index is 12.5. The van der Waals surface area contributed by atoms with E-state index < -0.39 is 24.1 Å². The fourth-order valence-corrected chi connectivity index (χ4v) is 2.45. The van der Waals surface area contributed by atoms with Gasteiger partial charge in [-0.1, -0.05) is 25.1 Å². The highest BCUT2D eigenvalue weighted by Crippen LogP contribution is 2.24. The SMILES string of the molecule is CC[C@@H](Oc1ccccc1)C(=O)N(C)CC(=O)Nc1ccc(OC(F)(F)F)cc1. The zero-order valence-electron chi connectivity index (χ0n) is 15.9. The molecule has 29 heavy (non-hydrogen) atoms. The Kier molecular flexibility index (Phi) is 7.46. The van der Waals surface area contributed by atoms with Crippen LogP contribution in [0.5, 0.6) is 11.5 Å². The number of nitrogens with zero attached hydrogens (tertiary/aromatic N) is 1. The number of amides is 2. The second-order valence-corrected chi connectivity index (χ2v) is 6.14. The summed E-state index contributed by atoms with van der Waals surface area (Å²) in [6.07, 6.45) is -5.11. The van der Waals surface area contributed by atoms with Gasteiger partial charge in [0.1, 0.15) is 11.5 Å². The Morgan fingerprint density at radius 1 is 1.03 bits per heavy atom. The predicted octanol–water partition coefficient (Wildman–Crippen LogP) is 3.84. The Morgan fingerprint density at radius 3 is 2.21 bits per heavy atom. The molecule has 1 atom stereocenters. The summed E-state index contributed by atoms with van der Waals surface area (Å²) >= 11 is 0. The zero-order valence-corrected chi connectivity index (χ0v) is 15.9. The van der Waals surface area contributed by atoms with Crippen molar-refractivity contribution in [1.29, 1.82) is 0 Å². The first kappa shape index (κ1) is 22.1. The van der Waals surface area contributed by atoms with Gasteiger partial charge in [0.25, 0.3) is 5.91 Å². The highest BCUT2D eigenvalue weighted by Gasteiger charge is 2.31. The third kappa shape index (κ3) is 7.36. The van der Waals surface area contributed by atoms with Gasteiger partial charge in [0, 0.05) is 12.7 Å². The molecule has 0 spiro atoms. The molecule has 0 fully saturated rings. The summed E-state index contributed by atoms with van der Waals surface area (Å²) in [6, 6.07) is 13.6. The van der Waals surface area contributed by atoms with Crippen molar-refractivity contribution in [1.82, 2.24) is 4.90 Å². The van der Waals surface area contributed by atoms with Crippen molar-refractivity contribution in [3.63, 3.8) is 0 Å². The molecular formula is C20H21F3N2O4. The molecule has 0 saturated heterocycles. The number of hydrogen-bond acceptors (Lipinski definition) is 4. The summed E-state index contributed by atoms with van der Waals surface area (Å²) in [5, 5.41) is 2.51. The lowest BCUT2D eigenvalue weighted by atomic mass is 10.2.